The second-order valence-corrected chi connectivity index (χ2v) is 5.67. The Morgan fingerprint density at radius 3 is 2.71 bits per heavy atom. The highest BCUT2D eigenvalue weighted by atomic mass is 35.5. The van der Waals surface area contributed by atoms with Gasteiger partial charge in [0.2, 0.25) is 11.8 Å². The highest BCUT2D eigenvalue weighted by Crippen LogP contribution is 2.16. The smallest absolute Gasteiger partial charge is 0.231 e. The predicted octanol–water partition coefficient (Wildman–Crippen LogP) is -0.150. The van der Waals surface area contributed by atoms with E-state index in [9.17, 15) is 9.59 Å². The third-order valence-corrected chi connectivity index (χ3v) is 3.77. The van der Waals surface area contributed by atoms with E-state index in [4.69, 9.17) is 17.3 Å². The Labute approximate surface area is 128 Å². The van der Waals surface area contributed by atoms with E-state index in [-0.39, 0.29) is 24.3 Å². The van der Waals surface area contributed by atoms with Crippen LogP contribution in [0.5, 0.6) is 0 Å². The topological polar surface area (TPSA) is 93.3 Å². The summed E-state index contributed by atoms with van der Waals surface area (Å²) >= 11 is 5.77. The molecule has 0 bridgehead atoms. The minimum atomic E-state index is -0.323. The van der Waals surface area contributed by atoms with Crippen LogP contribution in [0.2, 0.25) is 5.02 Å². The summed E-state index contributed by atoms with van der Waals surface area (Å²) in [7, 11) is 0. The Bertz CT molecular complexity index is 497. The summed E-state index contributed by atoms with van der Waals surface area (Å²) in [6, 6.07) is 0. The lowest BCUT2D eigenvalue weighted by molar-refractivity contribution is -0.126. The zero-order valence-electron chi connectivity index (χ0n) is 11.8. The van der Waals surface area contributed by atoms with E-state index in [1.165, 1.54) is 0 Å². The number of nitrogens with zero attached hydrogens (tertiary/aromatic N) is 3. The molecule has 0 atom stereocenters. The number of likely N-dealkylation sites (tertiary alicyclic amines) is 1. The molecule has 0 saturated carbocycles. The van der Waals surface area contributed by atoms with Gasteiger partial charge < -0.3 is 11.1 Å². The Morgan fingerprint density at radius 1 is 1.43 bits per heavy atom. The average Bonchev–Trinajstić information content (AvgIpc) is 2.84. The molecular weight excluding hydrogens is 294 g/mol. The summed E-state index contributed by atoms with van der Waals surface area (Å²) in [6.07, 6.45) is 4.80. The molecule has 0 aliphatic carbocycles. The van der Waals surface area contributed by atoms with E-state index in [0.717, 1.165) is 25.9 Å². The van der Waals surface area contributed by atoms with Crippen molar-refractivity contribution in [1.82, 2.24) is 20.0 Å². The van der Waals surface area contributed by atoms with Gasteiger partial charge in [-0.05, 0) is 25.9 Å². The summed E-state index contributed by atoms with van der Waals surface area (Å²) in [5, 5.41) is 7.54. The van der Waals surface area contributed by atoms with Crippen molar-refractivity contribution in [2.45, 2.75) is 19.4 Å². The maximum Gasteiger partial charge on any atom is 0.231 e. The average molecular weight is 314 g/mol. The number of carbonyl (C=O) groups excluding carboxylic acids is 2. The molecule has 1 fully saturated rings. The van der Waals surface area contributed by atoms with Crippen LogP contribution in [-0.2, 0) is 16.1 Å². The molecule has 1 aliphatic heterocycles. The van der Waals surface area contributed by atoms with E-state index >= 15 is 0 Å². The molecule has 0 radical (unpaired) electrons. The molecule has 2 rings (SSSR count). The van der Waals surface area contributed by atoms with Crippen LogP contribution in [0.3, 0.4) is 0 Å². The molecule has 8 heteroatoms. The van der Waals surface area contributed by atoms with Gasteiger partial charge in [0.05, 0.1) is 24.3 Å². The molecule has 21 heavy (non-hydrogen) atoms. The first-order valence-electron chi connectivity index (χ1n) is 7.01. The fourth-order valence-electron chi connectivity index (χ4n) is 2.47. The number of piperidine rings is 1. The van der Waals surface area contributed by atoms with Gasteiger partial charge in [0.1, 0.15) is 0 Å². The number of rotatable bonds is 6. The van der Waals surface area contributed by atoms with Gasteiger partial charge >= 0.3 is 0 Å². The molecular formula is C13H20ClN5O2. The Balaban J connectivity index is 1.66. The second kappa shape index (κ2) is 7.42. The quantitative estimate of drug-likeness (QED) is 0.764. The number of halogens is 1. The van der Waals surface area contributed by atoms with E-state index in [0.29, 0.717) is 18.1 Å². The van der Waals surface area contributed by atoms with Crippen molar-refractivity contribution in [3.8, 4) is 0 Å². The summed E-state index contributed by atoms with van der Waals surface area (Å²) in [5.74, 6) is -0.252. The summed E-state index contributed by atoms with van der Waals surface area (Å²) in [4.78, 5) is 24.9. The maximum atomic E-state index is 12.0. The van der Waals surface area contributed by atoms with Gasteiger partial charge in [0, 0.05) is 18.7 Å². The van der Waals surface area contributed by atoms with E-state index in [2.05, 4.69) is 10.4 Å². The van der Waals surface area contributed by atoms with Gasteiger partial charge in [0.25, 0.3) is 0 Å². The normalized spacial score (nSPS) is 16.8. The van der Waals surface area contributed by atoms with Crippen molar-refractivity contribution in [2.24, 2.45) is 11.7 Å². The van der Waals surface area contributed by atoms with Crippen LogP contribution in [0.25, 0.3) is 0 Å². The van der Waals surface area contributed by atoms with Crippen LogP contribution < -0.4 is 11.1 Å². The van der Waals surface area contributed by atoms with Crippen LogP contribution in [0.15, 0.2) is 12.4 Å². The van der Waals surface area contributed by atoms with Crippen molar-refractivity contribution in [3.63, 3.8) is 0 Å². The fraction of sp³-hybridized carbons (Fsp3) is 0.615. The molecule has 2 amide bonds. The molecule has 116 valence electrons. The molecule has 0 unspecified atom stereocenters. The third kappa shape index (κ3) is 5.02. The van der Waals surface area contributed by atoms with Crippen molar-refractivity contribution in [3.05, 3.63) is 17.4 Å². The molecule has 1 saturated heterocycles. The first-order valence-corrected chi connectivity index (χ1v) is 7.38. The van der Waals surface area contributed by atoms with Gasteiger partial charge in [-0.15, -0.1) is 0 Å². The third-order valence-electron chi connectivity index (χ3n) is 3.58. The van der Waals surface area contributed by atoms with E-state index in [1.54, 1.807) is 17.1 Å². The SMILES string of the molecule is NC(=O)CN1CCC(C(=O)NCCn2cc(Cl)cn2)CC1. The molecule has 0 spiro atoms. The van der Waals surface area contributed by atoms with Crippen molar-refractivity contribution in [1.29, 1.82) is 0 Å². The van der Waals surface area contributed by atoms with Gasteiger partial charge in [-0.2, -0.15) is 5.10 Å². The molecule has 1 aliphatic rings. The number of hydrogen-bond acceptors (Lipinski definition) is 4. The molecule has 1 aromatic rings. The molecule has 2 heterocycles. The van der Waals surface area contributed by atoms with Crippen LogP contribution in [0.4, 0.5) is 0 Å². The van der Waals surface area contributed by atoms with Crippen LogP contribution in [0.1, 0.15) is 12.8 Å². The lowest BCUT2D eigenvalue weighted by atomic mass is 9.96. The molecule has 7 nitrogen and oxygen atoms in total. The zero-order valence-corrected chi connectivity index (χ0v) is 12.6. The summed E-state index contributed by atoms with van der Waals surface area (Å²) in [6.45, 7) is 2.86. The second-order valence-electron chi connectivity index (χ2n) is 5.23. The minimum absolute atomic E-state index is 0.00957. The zero-order chi connectivity index (χ0) is 15.2. The molecule has 0 aromatic carbocycles. The highest BCUT2D eigenvalue weighted by molar-refractivity contribution is 6.30. The van der Waals surface area contributed by atoms with E-state index < -0.39 is 0 Å². The fourth-order valence-corrected chi connectivity index (χ4v) is 2.63. The predicted molar refractivity (Wildman–Crippen MR) is 78.6 cm³/mol. The number of amides is 2. The summed E-state index contributed by atoms with van der Waals surface area (Å²) in [5.41, 5.74) is 5.16. The highest BCUT2D eigenvalue weighted by Gasteiger charge is 2.25. The largest absolute Gasteiger partial charge is 0.369 e. The van der Waals surface area contributed by atoms with Crippen molar-refractivity contribution < 1.29 is 9.59 Å². The molecule has 3 N–H and O–H groups in total. The van der Waals surface area contributed by atoms with Gasteiger partial charge in [-0.1, -0.05) is 11.6 Å². The number of hydrogen-bond donors (Lipinski definition) is 2. The number of carbonyl (C=O) groups is 2. The minimum Gasteiger partial charge on any atom is -0.369 e. The van der Waals surface area contributed by atoms with Crippen LogP contribution >= 0.6 is 11.6 Å². The molecule has 1 aromatic heterocycles. The lowest BCUT2D eigenvalue weighted by Gasteiger charge is -2.30. The van der Waals surface area contributed by atoms with E-state index in [1.807, 2.05) is 4.90 Å². The van der Waals surface area contributed by atoms with Crippen LogP contribution in [0, 0.1) is 5.92 Å². The standard InChI is InChI=1S/C13H20ClN5O2/c14-11-7-17-19(8-11)6-3-16-13(21)10-1-4-18(5-2-10)9-12(15)20/h7-8,10H,1-6,9H2,(H2,15,20)(H,16,21). The Hall–Kier alpha value is -1.60. The number of primary amides is 1. The Kier molecular flexibility index (Phi) is 5.58. The number of nitrogens with one attached hydrogen (secondary N) is 1. The van der Waals surface area contributed by atoms with Gasteiger partial charge in [-0.3, -0.25) is 19.2 Å². The van der Waals surface area contributed by atoms with Crippen LogP contribution in [-0.4, -0.2) is 52.7 Å². The Morgan fingerprint density at radius 2 is 2.14 bits per heavy atom. The van der Waals surface area contributed by atoms with Gasteiger partial charge in [0.15, 0.2) is 0 Å². The van der Waals surface area contributed by atoms with Gasteiger partial charge in [-0.25, -0.2) is 0 Å². The number of nitrogens with two attached hydrogens (primary N) is 1. The first kappa shape index (κ1) is 15.8. The van der Waals surface area contributed by atoms with Crippen molar-refractivity contribution >= 4 is 23.4 Å². The van der Waals surface area contributed by atoms with Crippen molar-refractivity contribution in [2.75, 3.05) is 26.2 Å². The lowest BCUT2D eigenvalue weighted by Crippen LogP contribution is -2.43. The first-order chi connectivity index (χ1) is 10.0. The maximum absolute atomic E-state index is 12.0. The number of aromatic nitrogens is 2. The monoisotopic (exact) mass is 313 g/mol. The summed E-state index contributed by atoms with van der Waals surface area (Å²) < 4.78 is 1.69.